The molecule has 2 aromatic rings. The molecule has 0 fully saturated rings. The van der Waals surface area contributed by atoms with Crippen LogP contribution in [0.1, 0.15) is 21.6 Å². The Hall–Kier alpha value is -2.20. The van der Waals surface area contributed by atoms with Gasteiger partial charge >= 0.3 is 0 Å². The van der Waals surface area contributed by atoms with Gasteiger partial charge in [0, 0.05) is 5.56 Å². The van der Waals surface area contributed by atoms with Crippen LogP contribution in [0, 0.1) is 6.92 Å². The molecule has 4 nitrogen and oxygen atoms in total. The van der Waals surface area contributed by atoms with Crippen molar-refractivity contribution >= 4 is 11.7 Å². The summed E-state index contributed by atoms with van der Waals surface area (Å²) in [7, 11) is 0. The average Bonchev–Trinajstić information content (AvgIpc) is 2.39. The van der Waals surface area contributed by atoms with Crippen molar-refractivity contribution in [1.29, 1.82) is 0 Å². The van der Waals surface area contributed by atoms with Crippen LogP contribution >= 0.6 is 0 Å². The lowest BCUT2D eigenvalue weighted by Gasteiger charge is -2.07. The third kappa shape index (κ3) is 2.73. The van der Waals surface area contributed by atoms with Gasteiger partial charge < -0.3 is 10.4 Å². The first-order chi connectivity index (χ1) is 8.70. The zero-order valence-corrected chi connectivity index (χ0v) is 10.1. The zero-order valence-electron chi connectivity index (χ0n) is 10.1. The van der Waals surface area contributed by atoms with Gasteiger partial charge in [0.1, 0.15) is 5.82 Å². The molecular formula is C14H14N2O2. The molecule has 18 heavy (non-hydrogen) atoms. The Labute approximate surface area is 105 Å². The Morgan fingerprint density at radius 2 is 2.00 bits per heavy atom. The molecule has 92 valence electrons. The fraction of sp³-hybridized carbons (Fsp3) is 0.143. The van der Waals surface area contributed by atoms with Crippen molar-refractivity contribution in [3.63, 3.8) is 0 Å². The molecule has 1 amide bonds. The zero-order chi connectivity index (χ0) is 13.0. The number of hydrogen-bond acceptors (Lipinski definition) is 3. The van der Waals surface area contributed by atoms with E-state index in [1.165, 1.54) is 0 Å². The van der Waals surface area contributed by atoms with Crippen LogP contribution in [0.25, 0.3) is 0 Å². The second kappa shape index (κ2) is 5.42. The van der Waals surface area contributed by atoms with Gasteiger partial charge in [-0.15, -0.1) is 0 Å². The SMILES string of the molecule is Cc1ccccc1C(=O)Nc1cccc(CO)n1. The molecule has 0 saturated carbocycles. The molecule has 0 bridgehead atoms. The molecule has 0 aliphatic carbocycles. The predicted octanol–water partition coefficient (Wildman–Crippen LogP) is 2.13. The van der Waals surface area contributed by atoms with Gasteiger partial charge in [0.25, 0.3) is 5.91 Å². The van der Waals surface area contributed by atoms with Crippen LogP contribution in [0.4, 0.5) is 5.82 Å². The quantitative estimate of drug-likeness (QED) is 0.866. The molecule has 0 aliphatic heterocycles. The second-order valence-corrected chi connectivity index (χ2v) is 3.94. The molecule has 0 radical (unpaired) electrons. The number of amides is 1. The molecule has 0 saturated heterocycles. The summed E-state index contributed by atoms with van der Waals surface area (Å²) < 4.78 is 0. The van der Waals surface area contributed by atoms with Crippen LogP contribution in [0.15, 0.2) is 42.5 Å². The number of aromatic nitrogens is 1. The largest absolute Gasteiger partial charge is 0.390 e. The highest BCUT2D eigenvalue weighted by Crippen LogP contribution is 2.11. The first kappa shape index (κ1) is 12.3. The number of pyridine rings is 1. The number of aryl methyl sites for hydroxylation is 1. The van der Waals surface area contributed by atoms with Crippen LogP contribution in [0.5, 0.6) is 0 Å². The van der Waals surface area contributed by atoms with Gasteiger partial charge in [0.2, 0.25) is 0 Å². The highest BCUT2D eigenvalue weighted by molar-refractivity contribution is 6.04. The lowest BCUT2D eigenvalue weighted by atomic mass is 10.1. The van der Waals surface area contributed by atoms with Crippen LogP contribution in [-0.2, 0) is 6.61 Å². The number of benzene rings is 1. The summed E-state index contributed by atoms with van der Waals surface area (Å²) in [4.78, 5) is 16.1. The highest BCUT2D eigenvalue weighted by atomic mass is 16.3. The summed E-state index contributed by atoms with van der Waals surface area (Å²) in [5.41, 5.74) is 2.06. The van der Waals surface area contributed by atoms with Crippen LogP contribution < -0.4 is 5.32 Å². The minimum Gasteiger partial charge on any atom is -0.390 e. The van der Waals surface area contributed by atoms with Gasteiger partial charge in [-0.3, -0.25) is 4.79 Å². The molecule has 1 aromatic carbocycles. The maximum Gasteiger partial charge on any atom is 0.257 e. The van der Waals surface area contributed by atoms with E-state index in [4.69, 9.17) is 5.11 Å². The van der Waals surface area contributed by atoms with Gasteiger partial charge in [-0.25, -0.2) is 4.98 Å². The summed E-state index contributed by atoms with van der Waals surface area (Å²) in [6.07, 6.45) is 0. The van der Waals surface area contributed by atoms with Gasteiger partial charge in [-0.2, -0.15) is 0 Å². The Morgan fingerprint density at radius 1 is 1.22 bits per heavy atom. The summed E-state index contributed by atoms with van der Waals surface area (Å²) in [5, 5.41) is 11.7. The van der Waals surface area contributed by atoms with E-state index in [9.17, 15) is 4.79 Å². The number of carbonyl (C=O) groups is 1. The number of nitrogens with zero attached hydrogens (tertiary/aromatic N) is 1. The molecule has 2 rings (SSSR count). The van der Waals surface area contributed by atoms with Crippen molar-refractivity contribution in [2.45, 2.75) is 13.5 Å². The molecule has 1 aromatic heterocycles. The number of anilines is 1. The van der Waals surface area contributed by atoms with E-state index in [1.54, 1.807) is 24.3 Å². The maximum atomic E-state index is 12.0. The number of carbonyl (C=O) groups excluding carboxylic acids is 1. The van der Waals surface area contributed by atoms with Gasteiger partial charge in [-0.1, -0.05) is 24.3 Å². The van der Waals surface area contributed by atoms with Crippen LogP contribution in [-0.4, -0.2) is 16.0 Å². The molecular weight excluding hydrogens is 228 g/mol. The number of nitrogens with one attached hydrogen (secondary N) is 1. The van der Waals surface area contributed by atoms with Crippen molar-refractivity contribution in [3.05, 3.63) is 59.3 Å². The lowest BCUT2D eigenvalue weighted by Crippen LogP contribution is -2.14. The second-order valence-electron chi connectivity index (χ2n) is 3.94. The van der Waals surface area contributed by atoms with E-state index in [1.807, 2.05) is 25.1 Å². The first-order valence-corrected chi connectivity index (χ1v) is 5.64. The first-order valence-electron chi connectivity index (χ1n) is 5.64. The number of hydrogen-bond donors (Lipinski definition) is 2. The average molecular weight is 242 g/mol. The fourth-order valence-electron chi connectivity index (χ4n) is 1.65. The predicted molar refractivity (Wildman–Crippen MR) is 69.3 cm³/mol. The van der Waals surface area contributed by atoms with E-state index in [0.717, 1.165) is 5.56 Å². The van der Waals surface area contributed by atoms with E-state index >= 15 is 0 Å². The minimum atomic E-state index is -0.198. The van der Waals surface area contributed by atoms with Gasteiger partial charge in [-0.05, 0) is 30.7 Å². The maximum absolute atomic E-state index is 12.0. The normalized spacial score (nSPS) is 10.1. The molecule has 0 spiro atoms. The number of aliphatic hydroxyl groups is 1. The highest BCUT2D eigenvalue weighted by Gasteiger charge is 2.09. The smallest absolute Gasteiger partial charge is 0.257 e. The minimum absolute atomic E-state index is 0.145. The van der Waals surface area contributed by atoms with E-state index in [0.29, 0.717) is 17.1 Å². The van der Waals surface area contributed by atoms with E-state index in [2.05, 4.69) is 10.3 Å². The molecule has 0 aliphatic rings. The van der Waals surface area contributed by atoms with Crippen molar-refractivity contribution < 1.29 is 9.90 Å². The topological polar surface area (TPSA) is 62.2 Å². The van der Waals surface area contributed by atoms with E-state index < -0.39 is 0 Å². The van der Waals surface area contributed by atoms with Crippen molar-refractivity contribution in [2.24, 2.45) is 0 Å². The third-order valence-electron chi connectivity index (χ3n) is 2.60. The van der Waals surface area contributed by atoms with Crippen LogP contribution in [0.3, 0.4) is 0 Å². The molecule has 0 unspecified atom stereocenters. The van der Waals surface area contributed by atoms with Crippen LogP contribution in [0.2, 0.25) is 0 Å². The summed E-state index contributed by atoms with van der Waals surface area (Å²) in [6, 6.07) is 12.5. The van der Waals surface area contributed by atoms with E-state index in [-0.39, 0.29) is 12.5 Å². The number of rotatable bonds is 3. The third-order valence-corrected chi connectivity index (χ3v) is 2.60. The van der Waals surface area contributed by atoms with Gasteiger partial charge in [0.15, 0.2) is 0 Å². The monoisotopic (exact) mass is 242 g/mol. The molecule has 1 heterocycles. The lowest BCUT2D eigenvalue weighted by molar-refractivity contribution is 0.102. The summed E-state index contributed by atoms with van der Waals surface area (Å²) in [6.45, 7) is 1.74. The Balaban J connectivity index is 2.19. The Kier molecular flexibility index (Phi) is 3.69. The summed E-state index contributed by atoms with van der Waals surface area (Å²) in [5.74, 6) is 0.241. The molecule has 4 heteroatoms. The van der Waals surface area contributed by atoms with Crippen molar-refractivity contribution in [3.8, 4) is 0 Å². The standard InChI is InChI=1S/C14H14N2O2/c1-10-5-2-3-7-12(10)14(18)16-13-8-4-6-11(9-17)15-13/h2-8,17H,9H2,1H3,(H,15,16,18). The number of aliphatic hydroxyl groups excluding tert-OH is 1. The summed E-state index contributed by atoms with van der Waals surface area (Å²) >= 11 is 0. The van der Waals surface area contributed by atoms with Crippen molar-refractivity contribution in [1.82, 2.24) is 4.98 Å². The Morgan fingerprint density at radius 3 is 2.72 bits per heavy atom. The molecule has 2 N–H and O–H groups in total. The fourth-order valence-corrected chi connectivity index (χ4v) is 1.65. The molecule has 0 atom stereocenters. The Bertz CT molecular complexity index is 567. The van der Waals surface area contributed by atoms with Gasteiger partial charge in [0.05, 0.1) is 12.3 Å². The van der Waals surface area contributed by atoms with Crippen molar-refractivity contribution in [2.75, 3.05) is 5.32 Å².